The fraction of sp³-hybridized carbons (Fsp3) is 1.00. The van der Waals surface area contributed by atoms with Crippen LogP contribution in [-0.2, 0) is 0 Å². The molecule has 62 valence electrons. The number of rotatable bonds is 0. The quantitative estimate of drug-likeness (QED) is 0.516. The van der Waals surface area contributed by atoms with Gasteiger partial charge in [0.25, 0.3) is 0 Å². The van der Waals surface area contributed by atoms with Gasteiger partial charge >= 0.3 is 0 Å². The highest BCUT2D eigenvalue weighted by molar-refractivity contribution is 6.35. The molecule has 0 aromatic rings. The molecule has 4 fully saturated rings. The Labute approximate surface area is 77.2 Å². The smallest absolute Gasteiger partial charge is 0.0643 e. The summed E-state index contributed by atoms with van der Waals surface area (Å²) in [5.74, 6) is 1.72. The maximum atomic E-state index is 6.50. The van der Waals surface area contributed by atoms with Crippen LogP contribution in [0.25, 0.3) is 0 Å². The number of halogens is 2. The maximum absolute atomic E-state index is 6.50. The van der Waals surface area contributed by atoms with Gasteiger partial charge in [-0.1, -0.05) is 0 Å². The summed E-state index contributed by atoms with van der Waals surface area (Å²) in [5, 5.41) is 0. The van der Waals surface area contributed by atoms with Gasteiger partial charge in [0.15, 0.2) is 0 Å². The summed E-state index contributed by atoms with van der Waals surface area (Å²) < 4.78 is 0. The third-order valence-electron chi connectivity index (χ3n) is 3.92. The van der Waals surface area contributed by atoms with E-state index in [0.29, 0.717) is 0 Å². The summed E-state index contributed by atoms with van der Waals surface area (Å²) in [7, 11) is 0. The third kappa shape index (κ3) is 0.691. The van der Waals surface area contributed by atoms with Crippen molar-refractivity contribution in [1.29, 1.82) is 0 Å². The Bertz CT molecular complexity index is 178. The molecule has 0 unspecified atom stereocenters. The lowest BCUT2D eigenvalue weighted by Gasteiger charge is -2.28. The van der Waals surface area contributed by atoms with E-state index in [9.17, 15) is 0 Å². The monoisotopic (exact) mass is 190 g/mol. The first-order valence-corrected chi connectivity index (χ1v) is 5.25. The molecule has 0 saturated heterocycles. The van der Waals surface area contributed by atoms with Crippen LogP contribution in [0.5, 0.6) is 0 Å². The minimum atomic E-state index is 0.00212. The molecule has 4 rings (SSSR count). The lowest BCUT2D eigenvalue weighted by molar-refractivity contribution is 0.287. The summed E-state index contributed by atoms with van der Waals surface area (Å²) >= 11 is 13.0. The van der Waals surface area contributed by atoms with E-state index in [4.69, 9.17) is 23.2 Å². The predicted molar refractivity (Wildman–Crippen MR) is 47.2 cm³/mol. The molecule has 4 aliphatic rings. The Morgan fingerprint density at radius 1 is 0.818 bits per heavy atom. The second-order valence-corrected chi connectivity index (χ2v) is 6.16. The Balaban J connectivity index is 2.10. The summed E-state index contributed by atoms with van der Waals surface area (Å²) in [6.45, 7) is 0. The fourth-order valence-corrected chi connectivity index (χ4v) is 4.86. The summed E-state index contributed by atoms with van der Waals surface area (Å²) in [5.41, 5.74) is 0. The topological polar surface area (TPSA) is 0 Å². The van der Waals surface area contributed by atoms with Crippen molar-refractivity contribution in [2.24, 2.45) is 11.8 Å². The van der Waals surface area contributed by atoms with E-state index in [1.54, 1.807) is 0 Å². The van der Waals surface area contributed by atoms with Gasteiger partial charge in [-0.05, 0) is 43.9 Å². The molecular formula is C9H12Cl2. The Morgan fingerprint density at radius 3 is 1.45 bits per heavy atom. The summed E-state index contributed by atoms with van der Waals surface area (Å²) in [6.07, 6.45) is 6.16. The second kappa shape index (κ2) is 1.75. The van der Waals surface area contributed by atoms with Crippen molar-refractivity contribution in [3.63, 3.8) is 0 Å². The maximum Gasteiger partial charge on any atom is 0.0643 e. The van der Waals surface area contributed by atoms with E-state index >= 15 is 0 Å². The van der Waals surface area contributed by atoms with E-state index in [1.165, 1.54) is 32.1 Å². The lowest BCUT2D eigenvalue weighted by Crippen LogP contribution is -2.34. The molecule has 11 heavy (non-hydrogen) atoms. The van der Waals surface area contributed by atoms with Crippen LogP contribution in [-0.4, -0.2) is 9.75 Å². The summed E-state index contributed by atoms with van der Waals surface area (Å²) in [4.78, 5) is 0.00424. The molecule has 0 amide bonds. The van der Waals surface area contributed by atoms with Gasteiger partial charge < -0.3 is 0 Å². The summed E-state index contributed by atoms with van der Waals surface area (Å²) in [6, 6.07) is 0. The predicted octanol–water partition coefficient (Wildman–Crippen LogP) is 3.17. The highest BCUT2D eigenvalue weighted by Crippen LogP contribution is 2.68. The van der Waals surface area contributed by atoms with Gasteiger partial charge in [0.1, 0.15) is 0 Å². The standard InChI is InChI=1S/C9H12Cl2/c10-8-2-6-1-7(4-8)5-9(8,11)3-6/h6-7H,1-5H2. The molecule has 0 spiro atoms. The van der Waals surface area contributed by atoms with Crippen LogP contribution in [0.3, 0.4) is 0 Å². The zero-order chi connectivity index (χ0) is 7.69. The Morgan fingerprint density at radius 2 is 1.18 bits per heavy atom. The van der Waals surface area contributed by atoms with Gasteiger partial charge in [-0.2, -0.15) is 0 Å². The largest absolute Gasteiger partial charge is 0.117 e. The molecule has 0 aliphatic heterocycles. The van der Waals surface area contributed by atoms with E-state index in [-0.39, 0.29) is 9.75 Å². The molecule has 4 aliphatic carbocycles. The van der Waals surface area contributed by atoms with Crippen LogP contribution < -0.4 is 0 Å². The first kappa shape index (κ1) is 7.03. The molecule has 0 atom stereocenters. The van der Waals surface area contributed by atoms with Crippen LogP contribution in [0.2, 0.25) is 0 Å². The van der Waals surface area contributed by atoms with E-state index in [1.807, 2.05) is 0 Å². The average molecular weight is 191 g/mol. The van der Waals surface area contributed by atoms with Crippen LogP contribution in [0.4, 0.5) is 0 Å². The highest BCUT2D eigenvalue weighted by atomic mass is 35.5. The zero-order valence-electron chi connectivity index (χ0n) is 6.45. The second-order valence-electron chi connectivity index (χ2n) is 4.71. The molecular weight excluding hydrogens is 179 g/mol. The highest BCUT2D eigenvalue weighted by Gasteiger charge is 2.65. The van der Waals surface area contributed by atoms with E-state index < -0.39 is 0 Å². The molecule has 0 aromatic carbocycles. The number of hydrogen-bond acceptors (Lipinski definition) is 0. The normalized spacial score (nSPS) is 66.0. The minimum Gasteiger partial charge on any atom is -0.117 e. The molecule has 4 saturated carbocycles. The van der Waals surface area contributed by atoms with Crippen molar-refractivity contribution in [3.8, 4) is 0 Å². The zero-order valence-corrected chi connectivity index (χ0v) is 7.96. The van der Waals surface area contributed by atoms with Gasteiger partial charge in [0.05, 0.1) is 9.75 Å². The van der Waals surface area contributed by atoms with E-state index in [2.05, 4.69) is 0 Å². The van der Waals surface area contributed by atoms with Crippen LogP contribution in [0, 0.1) is 11.8 Å². The Kier molecular flexibility index (Phi) is 1.12. The fourth-order valence-electron chi connectivity index (χ4n) is 3.68. The molecule has 0 radical (unpaired) electrons. The van der Waals surface area contributed by atoms with Gasteiger partial charge in [-0.15, -0.1) is 23.2 Å². The molecule has 0 nitrogen and oxygen atoms in total. The molecule has 0 N–H and O–H groups in total. The van der Waals surface area contributed by atoms with Gasteiger partial charge in [-0.25, -0.2) is 0 Å². The van der Waals surface area contributed by atoms with Gasteiger partial charge in [-0.3, -0.25) is 0 Å². The van der Waals surface area contributed by atoms with Crippen molar-refractivity contribution in [1.82, 2.24) is 0 Å². The number of alkyl halides is 2. The number of hydrogen-bond donors (Lipinski definition) is 0. The van der Waals surface area contributed by atoms with Crippen LogP contribution in [0.15, 0.2) is 0 Å². The SMILES string of the molecule is ClC12CC3CC(C1)CC2(Cl)C3. The molecule has 0 heterocycles. The molecule has 4 bridgehead atoms. The first-order valence-electron chi connectivity index (χ1n) is 4.49. The van der Waals surface area contributed by atoms with Crippen LogP contribution in [0.1, 0.15) is 32.1 Å². The molecule has 2 heteroatoms. The van der Waals surface area contributed by atoms with Gasteiger partial charge in [0, 0.05) is 0 Å². The van der Waals surface area contributed by atoms with Crippen molar-refractivity contribution in [2.45, 2.75) is 41.9 Å². The lowest BCUT2D eigenvalue weighted by atomic mass is 9.82. The van der Waals surface area contributed by atoms with Crippen molar-refractivity contribution >= 4 is 23.2 Å². The van der Waals surface area contributed by atoms with Crippen molar-refractivity contribution in [3.05, 3.63) is 0 Å². The molecule has 0 aromatic heterocycles. The third-order valence-corrected chi connectivity index (χ3v) is 5.36. The van der Waals surface area contributed by atoms with Gasteiger partial charge in [0.2, 0.25) is 0 Å². The minimum absolute atomic E-state index is 0.00212. The Hall–Kier alpha value is 0.580. The van der Waals surface area contributed by atoms with Crippen molar-refractivity contribution < 1.29 is 0 Å². The van der Waals surface area contributed by atoms with Crippen LogP contribution >= 0.6 is 23.2 Å². The first-order chi connectivity index (χ1) is 5.11. The average Bonchev–Trinajstić information content (AvgIpc) is 2.07. The van der Waals surface area contributed by atoms with Crippen molar-refractivity contribution in [2.75, 3.05) is 0 Å². The van der Waals surface area contributed by atoms with E-state index in [0.717, 1.165) is 11.8 Å².